The minimum atomic E-state index is -1.12. The number of β-lactam (4-membered cyclic amide) rings is 1. The lowest BCUT2D eigenvalue weighted by atomic mass is 9.82. The van der Waals surface area contributed by atoms with Crippen molar-refractivity contribution in [1.82, 2.24) is 9.88 Å². The van der Waals surface area contributed by atoms with Gasteiger partial charge in [-0.1, -0.05) is 30.3 Å². The Morgan fingerprint density at radius 1 is 1.21 bits per heavy atom. The van der Waals surface area contributed by atoms with Crippen LogP contribution in [0.25, 0.3) is 27.2 Å². The Morgan fingerprint density at radius 2 is 2.00 bits per heavy atom. The van der Waals surface area contributed by atoms with Gasteiger partial charge in [-0.3, -0.25) is 9.78 Å². The second-order valence-corrected chi connectivity index (χ2v) is 7.46. The normalized spacial score (nSPS) is 22.5. The van der Waals surface area contributed by atoms with Gasteiger partial charge >= 0.3 is 5.97 Å². The van der Waals surface area contributed by atoms with E-state index >= 15 is 0 Å². The molecule has 140 valence electrons. The highest BCUT2D eigenvalue weighted by molar-refractivity contribution is 6.09. The summed E-state index contributed by atoms with van der Waals surface area (Å²) in [5.41, 5.74) is 2.33. The fourth-order valence-electron chi connectivity index (χ4n) is 4.57. The van der Waals surface area contributed by atoms with Crippen LogP contribution in [0.5, 0.6) is 0 Å². The molecule has 28 heavy (non-hydrogen) atoms. The number of carboxylic acids is 1. The average molecular weight is 374 g/mol. The molecule has 1 aromatic heterocycles. The van der Waals surface area contributed by atoms with Crippen molar-refractivity contribution in [3.63, 3.8) is 0 Å². The highest BCUT2D eigenvalue weighted by Gasteiger charge is 2.56. The Morgan fingerprint density at radius 3 is 2.75 bits per heavy atom. The van der Waals surface area contributed by atoms with Crippen LogP contribution >= 0.6 is 0 Å². The summed E-state index contributed by atoms with van der Waals surface area (Å²) in [4.78, 5) is 30.2. The number of rotatable bonds is 3. The number of para-hydroxylation sites is 1. The number of fused-ring (bicyclic) bond motifs is 4. The maximum atomic E-state index is 12.4. The molecule has 0 saturated carbocycles. The van der Waals surface area contributed by atoms with Crippen molar-refractivity contribution in [1.29, 1.82) is 0 Å². The highest BCUT2D eigenvalue weighted by Crippen LogP contribution is 2.47. The second kappa shape index (κ2) is 5.87. The lowest BCUT2D eigenvalue weighted by Gasteiger charge is -2.44. The van der Waals surface area contributed by atoms with Gasteiger partial charge in [-0.25, -0.2) is 4.79 Å². The number of carboxylic acid groups (broad SMARTS) is 1. The molecule has 2 aliphatic heterocycles. The van der Waals surface area contributed by atoms with Crippen LogP contribution in [0.4, 0.5) is 0 Å². The molecule has 0 bridgehead atoms. The first-order chi connectivity index (χ1) is 13.5. The molecule has 5 rings (SSSR count). The first-order valence-corrected chi connectivity index (χ1v) is 9.23. The van der Waals surface area contributed by atoms with E-state index in [1.165, 1.54) is 4.90 Å². The van der Waals surface area contributed by atoms with E-state index in [4.69, 9.17) is 0 Å². The Kier molecular flexibility index (Phi) is 3.54. The molecule has 2 aromatic carbocycles. The number of pyridine rings is 1. The van der Waals surface area contributed by atoms with Crippen LogP contribution in [0.3, 0.4) is 0 Å². The van der Waals surface area contributed by atoms with Gasteiger partial charge in [0.05, 0.1) is 23.6 Å². The van der Waals surface area contributed by atoms with Crippen molar-refractivity contribution in [3.05, 3.63) is 59.9 Å². The van der Waals surface area contributed by atoms with Crippen molar-refractivity contribution in [2.75, 3.05) is 0 Å². The number of carbonyl (C=O) groups is 2. The van der Waals surface area contributed by atoms with Crippen LogP contribution in [-0.2, 0) is 9.59 Å². The summed E-state index contributed by atoms with van der Waals surface area (Å²) in [7, 11) is 0. The molecule has 0 spiro atoms. The molecule has 1 amide bonds. The molecular weight excluding hydrogens is 356 g/mol. The predicted octanol–water partition coefficient (Wildman–Crippen LogP) is 2.80. The van der Waals surface area contributed by atoms with Gasteiger partial charge in [0.25, 0.3) is 0 Å². The molecule has 3 aromatic rings. The highest BCUT2D eigenvalue weighted by atomic mass is 16.4. The van der Waals surface area contributed by atoms with Crippen LogP contribution < -0.4 is 0 Å². The van der Waals surface area contributed by atoms with Gasteiger partial charge in [0.15, 0.2) is 0 Å². The molecule has 6 heteroatoms. The van der Waals surface area contributed by atoms with Gasteiger partial charge in [-0.05, 0) is 42.0 Å². The third-order valence-electron chi connectivity index (χ3n) is 5.87. The fourth-order valence-corrected chi connectivity index (χ4v) is 4.57. The molecule has 0 radical (unpaired) electrons. The molecule has 1 fully saturated rings. The van der Waals surface area contributed by atoms with Crippen LogP contribution in [-0.4, -0.2) is 44.1 Å². The Labute approximate surface area is 160 Å². The van der Waals surface area contributed by atoms with E-state index in [0.29, 0.717) is 12.0 Å². The third kappa shape index (κ3) is 2.21. The van der Waals surface area contributed by atoms with E-state index in [1.54, 1.807) is 6.92 Å². The molecule has 3 atom stereocenters. The maximum absolute atomic E-state index is 12.4. The van der Waals surface area contributed by atoms with Gasteiger partial charge in [0.1, 0.15) is 5.70 Å². The molecule has 0 aliphatic carbocycles. The van der Waals surface area contributed by atoms with Gasteiger partial charge < -0.3 is 15.1 Å². The van der Waals surface area contributed by atoms with E-state index in [1.807, 2.05) is 48.7 Å². The zero-order valence-electron chi connectivity index (χ0n) is 15.2. The van der Waals surface area contributed by atoms with Gasteiger partial charge in [0.2, 0.25) is 5.91 Å². The first kappa shape index (κ1) is 16.9. The number of hydrogen-bond donors (Lipinski definition) is 2. The number of amides is 1. The summed E-state index contributed by atoms with van der Waals surface area (Å²) in [5, 5.41) is 22.6. The standard InChI is InChI=1S/C22H18N2O4/c1-11(25)19-18-9-16(20(22(27)28)24(18)21(19)26)12-6-7-13-10-23-17-5-3-2-4-14(17)15(13)8-12/h2-8,10-11,18-19,25H,9H2,1H3,(H,27,28)/t11-,18?,19-/m1/s1. The summed E-state index contributed by atoms with van der Waals surface area (Å²) in [6.45, 7) is 1.58. The van der Waals surface area contributed by atoms with Crippen LogP contribution in [0.2, 0.25) is 0 Å². The Bertz CT molecular complexity index is 1200. The number of hydrogen-bond acceptors (Lipinski definition) is 4. The summed E-state index contributed by atoms with van der Waals surface area (Å²) in [5.74, 6) is -1.98. The van der Waals surface area contributed by atoms with Crippen molar-refractivity contribution in [2.45, 2.75) is 25.5 Å². The Hall–Kier alpha value is -3.25. The van der Waals surface area contributed by atoms with E-state index in [9.17, 15) is 19.8 Å². The summed E-state index contributed by atoms with van der Waals surface area (Å²) < 4.78 is 0. The molecule has 6 nitrogen and oxygen atoms in total. The van der Waals surface area contributed by atoms with Crippen molar-refractivity contribution in [2.24, 2.45) is 5.92 Å². The quantitative estimate of drug-likeness (QED) is 0.543. The molecule has 1 saturated heterocycles. The van der Waals surface area contributed by atoms with Gasteiger partial charge in [-0.2, -0.15) is 0 Å². The smallest absolute Gasteiger partial charge is 0.352 e. The van der Waals surface area contributed by atoms with Gasteiger partial charge in [0, 0.05) is 17.0 Å². The number of aliphatic hydroxyl groups excluding tert-OH is 1. The van der Waals surface area contributed by atoms with Crippen molar-refractivity contribution >= 4 is 39.1 Å². The molecule has 2 aliphatic rings. The zero-order valence-corrected chi connectivity index (χ0v) is 15.2. The van der Waals surface area contributed by atoms with Crippen molar-refractivity contribution in [3.8, 4) is 0 Å². The van der Waals surface area contributed by atoms with Crippen LogP contribution in [0, 0.1) is 5.92 Å². The monoisotopic (exact) mass is 374 g/mol. The van der Waals surface area contributed by atoms with Gasteiger partial charge in [-0.15, -0.1) is 0 Å². The largest absolute Gasteiger partial charge is 0.477 e. The number of carbonyl (C=O) groups excluding carboxylic acids is 1. The average Bonchev–Trinajstić information content (AvgIpc) is 3.02. The van der Waals surface area contributed by atoms with E-state index in [-0.39, 0.29) is 17.6 Å². The number of benzene rings is 2. The van der Waals surface area contributed by atoms with Crippen molar-refractivity contribution < 1.29 is 19.8 Å². The Balaban J connectivity index is 1.68. The minimum absolute atomic E-state index is 0.0320. The van der Waals surface area contributed by atoms with Crippen LogP contribution in [0.1, 0.15) is 18.9 Å². The number of aliphatic hydroxyl groups is 1. The lowest BCUT2D eigenvalue weighted by Crippen LogP contribution is -2.61. The number of aromatic nitrogens is 1. The lowest BCUT2D eigenvalue weighted by molar-refractivity contribution is -0.161. The fraction of sp³-hybridized carbons (Fsp3) is 0.227. The minimum Gasteiger partial charge on any atom is -0.477 e. The number of aliphatic carboxylic acids is 1. The van der Waals surface area contributed by atoms with Crippen LogP contribution in [0.15, 0.2) is 54.4 Å². The van der Waals surface area contributed by atoms with E-state index in [2.05, 4.69) is 4.98 Å². The molecular formula is C22H18N2O4. The number of nitrogens with zero attached hydrogens (tertiary/aromatic N) is 2. The van der Waals surface area contributed by atoms with E-state index < -0.39 is 18.0 Å². The molecule has 2 N–H and O–H groups in total. The summed E-state index contributed by atoms with van der Waals surface area (Å²) in [6.07, 6.45) is 1.44. The summed E-state index contributed by atoms with van der Waals surface area (Å²) in [6, 6.07) is 13.3. The zero-order chi connectivity index (χ0) is 19.6. The predicted molar refractivity (Wildman–Crippen MR) is 104 cm³/mol. The third-order valence-corrected chi connectivity index (χ3v) is 5.87. The first-order valence-electron chi connectivity index (χ1n) is 9.23. The molecule has 1 unspecified atom stereocenters. The second-order valence-electron chi connectivity index (χ2n) is 7.46. The topological polar surface area (TPSA) is 90.7 Å². The summed E-state index contributed by atoms with van der Waals surface area (Å²) >= 11 is 0. The SMILES string of the molecule is C[C@@H](O)[C@H]1C(=O)N2C(C(=O)O)=C(c3ccc4cnc5ccccc5c4c3)CC12. The van der Waals surface area contributed by atoms with E-state index in [0.717, 1.165) is 27.2 Å². The maximum Gasteiger partial charge on any atom is 0.352 e. The molecule has 3 heterocycles.